The molecule has 1 aromatic carbocycles. The van der Waals surface area contributed by atoms with E-state index in [4.69, 9.17) is 5.84 Å². The molecule has 0 bridgehead atoms. The van der Waals surface area contributed by atoms with Gasteiger partial charge in [0.25, 0.3) is 5.91 Å². The van der Waals surface area contributed by atoms with Crippen molar-refractivity contribution < 1.29 is 9.18 Å². The third-order valence-corrected chi connectivity index (χ3v) is 2.88. The van der Waals surface area contributed by atoms with Gasteiger partial charge in [-0.1, -0.05) is 19.4 Å². The lowest BCUT2D eigenvalue weighted by Crippen LogP contribution is -2.15. The van der Waals surface area contributed by atoms with Crippen molar-refractivity contribution in [1.82, 2.24) is 4.98 Å². The minimum Gasteiger partial charge on any atom is -0.322 e. The highest BCUT2D eigenvalue weighted by Gasteiger charge is 2.10. The van der Waals surface area contributed by atoms with Crippen molar-refractivity contribution in [2.24, 2.45) is 5.84 Å². The summed E-state index contributed by atoms with van der Waals surface area (Å²) in [6.45, 7) is 2.02. The molecule has 0 fully saturated rings. The van der Waals surface area contributed by atoms with Crippen LogP contribution in [0.5, 0.6) is 0 Å². The average Bonchev–Trinajstić information content (AvgIpc) is 2.47. The summed E-state index contributed by atoms with van der Waals surface area (Å²) in [5.74, 6) is 5.04. The van der Waals surface area contributed by atoms with Gasteiger partial charge >= 0.3 is 0 Å². The van der Waals surface area contributed by atoms with Gasteiger partial charge in [-0.15, -0.1) is 0 Å². The van der Waals surface area contributed by atoms with E-state index >= 15 is 0 Å². The molecule has 0 aliphatic rings. The van der Waals surface area contributed by atoms with Crippen LogP contribution in [0.4, 0.5) is 15.9 Å². The van der Waals surface area contributed by atoms with Gasteiger partial charge in [0.05, 0.1) is 0 Å². The normalized spacial score (nSPS) is 10.2. The number of hydrogen-bond donors (Lipinski definition) is 3. The molecule has 110 valence electrons. The maximum absolute atomic E-state index is 13.1. The number of carbonyl (C=O) groups excluding carboxylic acids is 1. The number of benzene rings is 1. The fourth-order valence-electron chi connectivity index (χ4n) is 1.95. The van der Waals surface area contributed by atoms with Crippen molar-refractivity contribution in [3.8, 4) is 0 Å². The van der Waals surface area contributed by atoms with E-state index in [1.54, 1.807) is 18.2 Å². The predicted octanol–water partition coefficient (Wildman–Crippen LogP) is 2.71. The van der Waals surface area contributed by atoms with Crippen LogP contribution in [-0.2, 0) is 6.42 Å². The smallest absolute Gasteiger partial charge is 0.255 e. The fraction of sp³-hybridized carbons (Fsp3) is 0.200. The van der Waals surface area contributed by atoms with Crippen LogP contribution >= 0.6 is 0 Å². The molecule has 4 N–H and O–H groups in total. The molecule has 2 rings (SSSR count). The van der Waals surface area contributed by atoms with Crippen LogP contribution in [-0.4, -0.2) is 10.9 Å². The lowest BCUT2D eigenvalue weighted by Gasteiger charge is -2.09. The zero-order chi connectivity index (χ0) is 15.2. The molecule has 0 aliphatic carbocycles. The van der Waals surface area contributed by atoms with Crippen LogP contribution in [0.3, 0.4) is 0 Å². The summed E-state index contributed by atoms with van der Waals surface area (Å²) in [5, 5.41) is 2.64. The number of anilines is 2. The van der Waals surface area contributed by atoms with E-state index in [0.29, 0.717) is 17.1 Å². The summed E-state index contributed by atoms with van der Waals surface area (Å²) in [4.78, 5) is 16.5. The fourth-order valence-corrected chi connectivity index (χ4v) is 1.95. The Labute approximate surface area is 122 Å². The van der Waals surface area contributed by atoms with Gasteiger partial charge in [-0.2, -0.15) is 0 Å². The third-order valence-electron chi connectivity index (χ3n) is 2.88. The van der Waals surface area contributed by atoms with Crippen molar-refractivity contribution >= 4 is 17.4 Å². The van der Waals surface area contributed by atoms with Crippen molar-refractivity contribution in [2.45, 2.75) is 19.8 Å². The Morgan fingerprint density at radius 1 is 1.33 bits per heavy atom. The number of nitrogens with two attached hydrogens (primary N) is 1. The first-order valence-electron chi connectivity index (χ1n) is 6.67. The molecule has 0 saturated carbocycles. The zero-order valence-corrected chi connectivity index (χ0v) is 11.7. The van der Waals surface area contributed by atoms with E-state index in [-0.39, 0.29) is 5.91 Å². The Morgan fingerprint density at radius 3 is 2.81 bits per heavy atom. The lowest BCUT2D eigenvalue weighted by atomic mass is 10.1. The largest absolute Gasteiger partial charge is 0.322 e. The highest BCUT2D eigenvalue weighted by Crippen LogP contribution is 2.15. The number of pyridine rings is 1. The zero-order valence-electron chi connectivity index (χ0n) is 11.7. The maximum Gasteiger partial charge on any atom is 0.255 e. The van der Waals surface area contributed by atoms with Gasteiger partial charge in [0.1, 0.15) is 11.6 Å². The van der Waals surface area contributed by atoms with Gasteiger partial charge in [0.15, 0.2) is 0 Å². The number of carbonyl (C=O) groups is 1. The molecule has 5 nitrogen and oxygen atoms in total. The minimum atomic E-state index is -0.404. The Balaban J connectivity index is 2.23. The first-order valence-corrected chi connectivity index (χ1v) is 6.67. The second-order valence-electron chi connectivity index (χ2n) is 4.59. The van der Waals surface area contributed by atoms with Crippen molar-refractivity contribution in [2.75, 3.05) is 10.7 Å². The molecule has 6 heteroatoms. The van der Waals surface area contributed by atoms with Gasteiger partial charge in [-0.3, -0.25) is 4.79 Å². The van der Waals surface area contributed by atoms with Crippen molar-refractivity contribution in [3.63, 3.8) is 0 Å². The van der Waals surface area contributed by atoms with E-state index in [1.807, 2.05) is 6.92 Å². The van der Waals surface area contributed by atoms with Crippen LogP contribution in [0, 0.1) is 5.82 Å². The van der Waals surface area contributed by atoms with Crippen LogP contribution in [0.2, 0.25) is 0 Å². The van der Waals surface area contributed by atoms with Gasteiger partial charge in [-0.25, -0.2) is 15.2 Å². The highest BCUT2D eigenvalue weighted by atomic mass is 19.1. The van der Waals surface area contributed by atoms with Crippen LogP contribution in [0.25, 0.3) is 0 Å². The van der Waals surface area contributed by atoms with E-state index < -0.39 is 5.82 Å². The third kappa shape index (κ3) is 4.00. The number of rotatable bonds is 5. The Hall–Kier alpha value is -2.47. The van der Waals surface area contributed by atoms with Crippen LogP contribution in [0.15, 0.2) is 36.4 Å². The summed E-state index contributed by atoms with van der Waals surface area (Å²) in [6.07, 6.45) is 1.65. The lowest BCUT2D eigenvalue weighted by molar-refractivity contribution is 0.102. The number of nitrogens with zero attached hydrogens (tertiary/aromatic N) is 1. The number of hydrazine groups is 1. The van der Waals surface area contributed by atoms with E-state index in [1.165, 1.54) is 18.2 Å². The summed E-state index contributed by atoms with van der Waals surface area (Å²) in [5.41, 5.74) is 4.04. The Morgan fingerprint density at radius 2 is 2.14 bits per heavy atom. The van der Waals surface area contributed by atoms with Gasteiger partial charge < -0.3 is 10.7 Å². The Bertz CT molecular complexity index is 645. The maximum atomic E-state index is 13.1. The highest BCUT2D eigenvalue weighted by molar-refractivity contribution is 6.04. The quantitative estimate of drug-likeness (QED) is 0.584. The molecule has 0 spiro atoms. The molecule has 0 unspecified atom stereocenters. The topological polar surface area (TPSA) is 80.0 Å². The number of nitrogen functional groups attached to an aromatic ring is 1. The first kappa shape index (κ1) is 14.9. The monoisotopic (exact) mass is 288 g/mol. The molecule has 1 heterocycles. The number of amides is 1. The number of aryl methyl sites for hydroxylation is 1. The second-order valence-corrected chi connectivity index (χ2v) is 4.59. The van der Waals surface area contributed by atoms with Crippen LogP contribution < -0.4 is 16.6 Å². The molecule has 2 aromatic rings. The van der Waals surface area contributed by atoms with Gasteiger partial charge in [-0.05, 0) is 36.8 Å². The summed E-state index contributed by atoms with van der Waals surface area (Å²) < 4.78 is 13.1. The van der Waals surface area contributed by atoms with Crippen molar-refractivity contribution in [1.29, 1.82) is 0 Å². The second kappa shape index (κ2) is 6.81. The molecule has 0 radical (unpaired) electrons. The summed E-state index contributed by atoms with van der Waals surface area (Å²) >= 11 is 0. The van der Waals surface area contributed by atoms with E-state index in [2.05, 4.69) is 15.7 Å². The number of halogens is 1. The molecular formula is C15H17FN4O. The Kier molecular flexibility index (Phi) is 4.84. The van der Waals surface area contributed by atoms with E-state index in [9.17, 15) is 9.18 Å². The minimum absolute atomic E-state index is 0.336. The van der Waals surface area contributed by atoms with E-state index in [0.717, 1.165) is 18.5 Å². The number of aromatic nitrogens is 1. The summed E-state index contributed by atoms with van der Waals surface area (Å²) in [7, 11) is 0. The molecule has 21 heavy (non-hydrogen) atoms. The standard InChI is InChI=1S/C15H17FN4O/c1-2-4-12-7-10(8-14(18-12)20-17)15(21)19-13-6-3-5-11(16)9-13/h3,5-9H,2,4,17H2,1H3,(H,18,20)(H,19,21). The van der Waals surface area contributed by atoms with Gasteiger partial charge in [0.2, 0.25) is 0 Å². The predicted molar refractivity (Wildman–Crippen MR) is 80.4 cm³/mol. The molecule has 0 aliphatic heterocycles. The number of hydrogen-bond acceptors (Lipinski definition) is 4. The summed E-state index contributed by atoms with van der Waals surface area (Å²) in [6, 6.07) is 8.99. The molecule has 1 aromatic heterocycles. The molecule has 1 amide bonds. The number of nitrogens with one attached hydrogen (secondary N) is 2. The van der Waals surface area contributed by atoms with Crippen molar-refractivity contribution in [3.05, 3.63) is 53.5 Å². The van der Waals surface area contributed by atoms with Gasteiger partial charge in [0, 0.05) is 16.9 Å². The SMILES string of the molecule is CCCc1cc(C(=O)Nc2cccc(F)c2)cc(NN)n1. The molecular weight excluding hydrogens is 271 g/mol. The average molecular weight is 288 g/mol. The first-order chi connectivity index (χ1) is 10.1. The molecule has 0 saturated heterocycles. The molecule has 0 atom stereocenters. The van der Waals surface area contributed by atoms with Crippen LogP contribution in [0.1, 0.15) is 29.4 Å².